The van der Waals surface area contributed by atoms with Gasteiger partial charge in [0.25, 0.3) is 0 Å². The van der Waals surface area contributed by atoms with E-state index in [0.717, 1.165) is 20.7 Å². The molecule has 6 nitrogen and oxygen atoms in total. The van der Waals surface area contributed by atoms with E-state index in [-0.39, 0.29) is 0 Å². The molecular weight excluding hydrogens is 333 g/mol. The van der Waals surface area contributed by atoms with Gasteiger partial charge >= 0.3 is 7.60 Å². The molecule has 3 rings (SSSR count). The van der Waals surface area contributed by atoms with Crippen LogP contribution < -0.4 is 5.32 Å². The molecule has 0 aliphatic carbocycles. The highest BCUT2D eigenvalue weighted by atomic mass is 32.1. The molecule has 3 aromatic rings. The first kappa shape index (κ1) is 16.1. The van der Waals surface area contributed by atoms with Crippen molar-refractivity contribution in [1.29, 1.82) is 0 Å². The Labute approximate surface area is 137 Å². The summed E-state index contributed by atoms with van der Waals surface area (Å²) in [5.74, 6) is 0.435. The predicted molar refractivity (Wildman–Crippen MR) is 92.9 cm³/mol. The van der Waals surface area contributed by atoms with Crippen LogP contribution in [0.25, 0.3) is 20.7 Å². The van der Waals surface area contributed by atoms with E-state index < -0.39 is 13.9 Å². The van der Waals surface area contributed by atoms with E-state index in [0.29, 0.717) is 5.82 Å². The minimum Gasteiger partial charge on any atom is -0.358 e. The summed E-state index contributed by atoms with van der Waals surface area (Å²) < 4.78 is 11.0. The summed E-state index contributed by atoms with van der Waals surface area (Å²) in [7, 11) is -4.14. The maximum absolute atomic E-state index is 11.0. The maximum atomic E-state index is 11.0. The summed E-state index contributed by atoms with van der Waals surface area (Å²) in [5, 5.41) is 3.47. The lowest BCUT2D eigenvalue weighted by molar-refractivity contribution is 0.375. The second kappa shape index (κ2) is 6.02. The van der Waals surface area contributed by atoms with Crippen LogP contribution in [0.4, 0.5) is 5.82 Å². The Morgan fingerprint density at radius 2 is 1.96 bits per heavy atom. The number of nitrogens with one attached hydrogen (secondary N) is 1. The number of thiophene rings is 1. The fourth-order valence-corrected chi connectivity index (χ4v) is 3.56. The fraction of sp³-hybridized carbons (Fsp3) is 0.200. The highest BCUT2D eigenvalue weighted by Crippen LogP contribution is 2.38. The average molecular weight is 349 g/mol. The smallest absolute Gasteiger partial charge is 0.344 e. The van der Waals surface area contributed by atoms with E-state index in [1.165, 1.54) is 28.8 Å². The third kappa shape index (κ3) is 3.59. The Kier molecular flexibility index (Phi) is 4.21. The third-order valence-electron chi connectivity index (χ3n) is 3.57. The topological polar surface area (TPSA) is 95.3 Å². The fourth-order valence-electron chi connectivity index (χ4n) is 2.21. The second-order valence-electron chi connectivity index (χ2n) is 5.35. The molecule has 0 spiro atoms. The van der Waals surface area contributed by atoms with Crippen LogP contribution in [0.3, 0.4) is 0 Å². The number of fused-ring (bicyclic) bond motifs is 1. The van der Waals surface area contributed by atoms with Crippen molar-refractivity contribution in [3.05, 3.63) is 41.7 Å². The van der Waals surface area contributed by atoms with Crippen molar-refractivity contribution >= 4 is 35.0 Å². The van der Waals surface area contributed by atoms with Crippen molar-refractivity contribution in [2.45, 2.75) is 13.8 Å². The molecule has 23 heavy (non-hydrogen) atoms. The number of rotatable bonds is 4. The predicted octanol–water partition coefficient (Wildman–Crippen LogP) is 3.52. The van der Waals surface area contributed by atoms with E-state index in [9.17, 15) is 4.57 Å². The molecule has 0 fully saturated rings. The minimum absolute atomic E-state index is 0.435. The number of aryl methyl sites for hydroxylation is 2. The standard InChI is InChI=1S/C15H16N3O3PS/c1-9-3-4-11(5-10(9)2)13-6-12-14(18-8-22(19,20)21)16-7-17-15(12)23-13/h3-7H,8H2,1-2H3,(H,16,17,18)(H2,19,20,21). The van der Waals surface area contributed by atoms with Gasteiger partial charge in [-0.2, -0.15) is 0 Å². The van der Waals surface area contributed by atoms with Crippen molar-refractivity contribution in [2.75, 3.05) is 11.6 Å². The van der Waals surface area contributed by atoms with Gasteiger partial charge in [0.1, 0.15) is 23.3 Å². The van der Waals surface area contributed by atoms with Crippen LogP contribution in [-0.2, 0) is 4.57 Å². The summed E-state index contributed by atoms with van der Waals surface area (Å²) in [6.45, 7) is 4.14. The van der Waals surface area contributed by atoms with Crippen molar-refractivity contribution in [1.82, 2.24) is 9.97 Å². The van der Waals surface area contributed by atoms with Crippen LogP contribution in [0.5, 0.6) is 0 Å². The van der Waals surface area contributed by atoms with Gasteiger partial charge in [-0.1, -0.05) is 18.2 Å². The second-order valence-corrected chi connectivity index (χ2v) is 8.03. The molecule has 0 aliphatic rings. The van der Waals surface area contributed by atoms with Gasteiger partial charge in [0.05, 0.1) is 5.39 Å². The van der Waals surface area contributed by atoms with Gasteiger partial charge in [0, 0.05) is 4.88 Å². The van der Waals surface area contributed by atoms with Crippen LogP contribution >= 0.6 is 18.9 Å². The highest BCUT2D eigenvalue weighted by Gasteiger charge is 2.15. The van der Waals surface area contributed by atoms with E-state index in [1.54, 1.807) is 0 Å². The first-order chi connectivity index (χ1) is 10.8. The number of anilines is 1. The molecule has 0 radical (unpaired) electrons. The Morgan fingerprint density at radius 1 is 1.17 bits per heavy atom. The summed E-state index contributed by atoms with van der Waals surface area (Å²) in [6, 6.07) is 8.21. The number of aromatic nitrogens is 2. The van der Waals surface area contributed by atoms with Gasteiger partial charge < -0.3 is 15.1 Å². The molecule has 3 N–H and O–H groups in total. The number of nitrogens with zero attached hydrogens (tertiary/aromatic N) is 2. The van der Waals surface area contributed by atoms with Gasteiger partial charge in [0.2, 0.25) is 0 Å². The molecule has 1 aromatic carbocycles. The quantitative estimate of drug-likeness (QED) is 0.624. The lowest BCUT2D eigenvalue weighted by atomic mass is 10.1. The van der Waals surface area contributed by atoms with E-state index in [2.05, 4.69) is 47.3 Å². The lowest BCUT2D eigenvalue weighted by Gasteiger charge is -2.07. The molecule has 0 aliphatic heterocycles. The van der Waals surface area contributed by atoms with Gasteiger partial charge in [-0.3, -0.25) is 4.57 Å². The van der Waals surface area contributed by atoms with Crippen LogP contribution in [-0.4, -0.2) is 26.0 Å². The van der Waals surface area contributed by atoms with E-state index in [1.807, 2.05) is 6.07 Å². The molecule has 0 amide bonds. The van der Waals surface area contributed by atoms with Crippen LogP contribution in [0, 0.1) is 13.8 Å². The SMILES string of the molecule is Cc1ccc(-c2cc3c(NCP(=O)(O)O)ncnc3s2)cc1C. The Morgan fingerprint density at radius 3 is 2.65 bits per heavy atom. The summed E-state index contributed by atoms with van der Waals surface area (Å²) in [5.41, 5.74) is 3.54. The number of benzene rings is 1. The average Bonchev–Trinajstić information content (AvgIpc) is 2.91. The zero-order chi connectivity index (χ0) is 16.6. The van der Waals surface area contributed by atoms with Crippen LogP contribution in [0.2, 0.25) is 0 Å². The molecule has 0 saturated carbocycles. The Bertz CT molecular complexity index is 919. The monoisotopic (exact) mass is 349 g/mol. The van der Waals surface area contributed by atoms with Crippen molar-refractivity contribution in [3.63, 3.8) is 0 Å². The molecule has 2 heterocycles. The Hall–Kier alpha value is -1.79. The minimum atomic E-state index is -4.14. The van der Waals surface area contributed by atoms with Gasteiger partial charge in [-0.05, 0) is 36.6 Å². The lowest BCUT2D eigenvalue weighted by Crippen LogP contribution is -2.04. The van der Waals surface area contributed by atoms with Crippen LogP contribution in [0.1, 0.15) is 11.1 Å². The molecule has 0 atom stereocenters. The molecule has 8 heteroatoms. The first-order valence-electron chi connectivity index (χ1n) is 6.94. The third-order valence-corrected chi connectivity index (χ3v) is 5.24. The molecular formula is C15H16N3O3PS. The van der Waals surface area contributed by atoms with Gasteiger partial charge in [-0.15, -0.1) is 11.3 Å². The maximum Gasteiger partial charge on any atom is 0.344 e. The van der Waals surface area contributed by atoms with Gasteiger partial charge in [0.15, 0.2) is 0 Å². The van der Waals surface area contributed by atoms with E-state index >= 15 is 0 Å². The normalized spacial score (nSPS) is 11.8. The molecule has 0 bridgehead atoms. The highest BCUT2D eigenvalue weighted by molar-refractivity contribution is 7.51. The first-order valence-corrected chi connectivity index (χ1v) is 9.55. The van der Waals surface area contributed by atoms with Crippen LogP contribution in [0.15, 0.2) is 30.6 Å². The van der Waals surface area contributed by atoms with Crippen molar-refractivity contribution in [2.24, 2.45) is 0 Å². The van der Waals surface area contributed by atoms with Gasteiger partial charge in [-0.25, -0.2) is 9.97 Å². The van der Waals surface area contributed by atoms with Crippen molar-refractivity contribution in [3.8, 4) is 10.4 Å². The van der Waals surface area contributed by atoms with Crippen molar-refractivity contribution < 1.29 is 14.4 Å². The summed E-state index contributed by atoms with van der Waals surface area (Å²) >= 11 is 1.53. The Balaban J connectivity index is 2.01. The largest absolute Gasteiger partial charge is 0.358 e. The number of hydrogen-bond donors (Lipinski definition) is 3. The molecule has 0 unspecified atom stereocenters. The zero-order valence-electron chi connectivity index (χ0n) is 12.6. The zero-order valence-corrected chi connectivity index (χ0v) is 14.4. The number of hydrogen-bond acceptors (Lipinski definition) is 5. The molecule has 2 aromatic heterocycles. The molecule has 0 saturated heterocycles. The summed E-state index contributed by atoms with van der Waals surface area (Å²) in [4.78, 5) is 28.2. The van der Waals surface area contributed by atoms with E-state index in [4.69, 9.17) is 9.79 Å². The summed E-state index contributed by atoms with van der Waals surface area (Å²) in [6.07, 6.45) is 0.943. The molecule has 120 valence electrons.